The second-order valence-electron chi connectivity index (χ2n) is 4.40. The molecular weight excluding hydrogens is 256 g/mol. The molecular formula is C14H16N4O2. The molecule has 2 amide bonds. The Balaban J connectivity index is 2.00. The third-order valence-electron chi connectivity index (χ3n) is 2.92. The van der Waals surface area contributed by atoms with Crippen molar-refractivity contribution in [1.82, 2.24) is 15.6 Å². The Hall–Kier alpha value is -2.39. The third kappa shape index (κ3) is 3.56. The lowest BCUT2D eigenvalue weighted by molar-refractivity contribution is -0.124. The standard InChI is InChI=1S/C14H16N4O2/c15-7-1-3-10-5-6-11(17-9-10)14(20)18-12-4-2-8-16-13(12)19/h5-6,9,12H,2,4,7-8,15H2,(H,16,19)(H,18,20). The van der Waals surface area contributed by atoms with E-state index in [4.69, 9.17) is 5.73 Å². The minimum atomic E-state index is -0.477. The number of carbonyl (C=O) groups excluding carboxylic acids is 2. The predicted molar refractivity (Wildman–Crippen MR) is 73.7 cm³/mol. The number of pyridine rings is 1. The van der Waals surface area contributed by atoms with Crippen molar-refractivity contribution in [2.24, 2.45) is 5.73 Å². The number of piperidine rings is 1. The van der Waals surface area contributed by atoms with Crippen LogP contribution < -0.4 is 16.4 Å². The van der Waals surface area contributed by atoms with Gasteiger partial charge in [-0.1, -0.05) is 11.8 Å². The van der Waals surface area contributed by atoms with Crippen molar-refractivity contribution in [2.75, 3.05) is 13.1 Å². The fourth-order valence-electron chi connectivity index (χ4n) is 1.90. The first-order chi connectivity index (χ1) is 9.70. The smallest absolute Gasteiger partial charge is 0.270 e. The first-order valence-electron chi connectivity index (χ1n) is 6.44. The van der Waals surface area contributed by atoms with Crippen molar-refractivity contribution in [2.45, 2.75) is 18.9 Å². The van der Waals surface area contributed by atoms with Gasteiger partial charge in [0.2, 0.25) is 5.91 Å². The summed E-state index contributed by atoms with van der Waals surface area (Å²) >= 11 is 0. The van der Waals surface area contributed by atoms with Crippen LogP contribution in [0.25, 0.3) is 0 Å². The lowest BCUT2D eigenvalue weighted by atomic mass is 10.1. The Bertz CT molecular complexity index is 557. The molecule has 1 aromatic rings. The van der Waals surface area contributed by atoms with Crippen molar-refractivity contribution in [3.8, 4) is 11.8 Å². The zero-order chi connectivity index (χ0) is 14.4. The number of amides is 2. The van der Waals surface area contributed by atoms with Crippen LogP contribution in [-0.2, 0) is 4.79 Å². The molecule has 1 aromatic heterocycles. The van der Waals surface area contributed by atoms with E-state index in [9.17, 15) is 9.59 Å². The number of hydrogen-bond acceptors (Lipinski definition) is 4. The molecule has 6 nitrogen and oxygen atoms in total. The summed E-state index contributed by atoms with van der Waals surface area (Å²) < 4.78 is 0. The summed E-state index contributed by atoms with van der Waals surface area (Å²) in [7, 11) is 0. The average Bonchev–Trinajstić information content (AvgIpc) is 2.48. The van der Waals surface area contributed by atoms with Crippen molar-refractivity contribution >= 4 is 11.8 Å². The monoisotopic (exact) mass is 272 g/mol. The number of aromatic nitrogens is 1. The predicted octanol–water partition coefficient (Wildman–Crippen LogP) is -0.600. The average molecular weight is 272 g/mol. The van der Waals surface area contributed by atoms with Gasteiger partial charge >= 0.3 is 0 Å². The zero-order valence-electron chi connectivity index (χ0n) is 11.0. The van der Waals surface area contributed by atoms with E-state index in [-0.39, 0.29) is 24.1 Å². The molecule has 1 fully saturated rings. The normalized spacial score (nSPS) is 17.6. The maximum absolute atomic E-state index is 12.0. The largest absolute Gasteiger partial charge is 0.354 e. The molecule has 1 aliphatic rings. The van der Waals surface area contributed by atoms with Crippen molar-refractivity contribution in [3.05, 3.63) is 29.6 Å². The Kier molecular flexibility index (Phi) is 4.69. The van der Waals surface area contributed by atoms with Gasteiger partial charge in [0.25, 0.3) is 5.91 Å². The maximum atomic E-state index is 12.0. The molecule has 0 spiro atoms. The first kappa shape index (κ1) is 14.0. The van der Waals surface area contributed by atoms with Crippen LogP contribution in [0.2, 0.25) is 0 Å². The van der Waals surface area contributed by atoms with Crippen LogP contribution in [0.15, 0.2) is 18.3 Å². The lowest BCUT2D eigenvalue weighted by Crippen LogP contribution is -2.50. The Morgan fingerprint density at radius 3 is 3.05 bits per heavy atom. The van der Waals surface area contributed by atoms with Gasteiger partial charge in [0.05, 0.1) is 6.54 Å². The maximum Gasteiger partial charge on any atom is 0.270 e. The summed E-state index contributed by atoms with van der Waals surface area (Å²) in [4.78, 5) is 27.6. The van der Waals surface area contributed by atoms with Gasteiger partial charge in [-0.2, -0.15) is 0 Å². The molecule has 4 N–H and O–H groups in total. The van der Waals surface area contributed by atoms with E-state index in [1.165, 1.54) is 6.20 Å². The van der Waals surface area contributed by atoms with E-state index in [1.54, 1.807) is 12.1 Å². The van der Waals surface area contributed by atoms with Crippen LogP contribution in [0.1, 0.15) is 28.9 Å². The molecule has 0 aliphatic carbocycles. The van der Waals surface area contributed by atoms with Gasteiger partial charge < -0.3 is 16.4 Å². The summed E-state index contributed by atoms with van der Waals surface area (Å²) in [6.07, 6.45) is 3.02. The zero-order valence-corrected chi connectivity index (χ0v) is 11.0. The van der Waals surface area contributed by atoms with Crippen LogP contribution in [-0.4, -0.2) is 35.9 Å². The van der Waals surface area contributed by atoms with Crippen LogP contribution in [0.5, 0.6) is 0 Å². The second-order valence-corrected chi connectivity index (χ2v) is 4.40. The second kappa shape index (κ2) is 6.68. The fraction of sp³-hybridized carbons (Fsp3) is 0.357. The van der Waals surface area contributed by atoms with Crippen LogP contribution in [0.3, 0.4) is 0 Å². The van der Waals surface area contributed by atoms with Gasteiger partial charge in [-0.05, 0) is 25.0 Å². The Labute approximate surface area is 117 Å². The van der Waals surface area contributed by atoms with E-state index in [1.807, 2.05) is 0 Å². The van der Waals surface area contributed by atoms with Gasteiger partial charge in [0.1, 0.15) is 11.7 Å². The fourth-order valence-corrected chi connectivity index (χ4v) is 1.90. The summed E-state index contributed by atoms with van der Waals surface area (Å²) in [6.45, 7) is 0.941. The summed E-state index contributed by atoms with van der Waals surface area (Å²) in [6, 6.07) is 2.80. The van der Waals surface area contributed by atoms with Crippen LogP contribution in [0, 0.1) is 11.8 Å². The van der Waals surface area contributed by atoms with E-state index in [0.717, 1.165) is 6.42 Å². The van der Waals surface area contributed by atoms with E-state index in [2.05, 4.69) is 27.5 Å². The molecule has 0 radical (unpaired) electrons. The molecule has 0 bridgehead atoms. The number of nitrogens with two attached hydrogens (primary N) is 1. The molecule has 0 aromatic carbocycles. The summed E-state index contributed by atoms with van der Waals surface area (Å²) in [5.74, 6) is 5.03. The van der Waals surface area contributed by atoms with E-state index < -0.39 is 6.04 Å². The molecule has 1 atom stereocenters. The van der Waals surface area contributed by atoms with Crippen LogP contribution in [0.4, 0.5) is 0 Å². The number of hydrogen-bond donors (Lipinski definition) is 3. The van der Waals surface area contributed by atoms with Crippen molar-refractivity contribution in [1.29, 1.82) is 0 Å². The number of carbonyl (C=O) groups is 2. The third-order valence-corrected chi connectivity index (χ3v) is 2.92. The first-order valence-corrected chi connectivity index (χ1v) is 6.44. The van der Waals surface area contributed by atoms with Gasteiger partial charge in [-0.15, -0.1) is 0 Å². The Morgan fingerprint density at radius 1 is 1.55 bits per heavy atom. The molecule has 1 saturated heterocycles. The molecule has 1 aliphatic heterocycles. The lowest BCUT2D eigenvalue weighted by Gasteiger charge is -2.22. The highest BCUT2D eigenvalue weighted by atomic mass is 16.2. The van der Waals surface area contributed by atoms with Gasteiger partial charge in [0, 0.05) is 18.3 Å². The van der Waals surface area contributed by atoms with Gasteiger partial charge in [-0.3, -0.25) is 9.59 Å². The summed E-state index contributed by atoms with van der Waals surface area (Å²) in [5, 5.41) is 5.40. The molecule has 104 valence electrons. The van der Waals surface area contributed by atoms with Crippen LogP contribution >= 0.6 is 0 Å². The molecule has 2 rings (SSSR count). The Morgan fingerprint density at radius 2 is 2.40 bits per heavy atom. The highest BCUT2D eigenvalue weighted by Crippen LogP contribution is 2.05. The topological polar surface area (TPSA) is 97.1 Å². The molecule has 6 heteroatoms. The van der Waals surface area contributed by atoms with Gasteiger partial charge in [0.15, 0.2) is 0 Å². The van der Waals surface area contributed by atoms with Gasteiger partial charge in [-0.25, -0.2) is 4.98 Å². The molecule has 20 heavy (non-hydrogen) atoms. The highest BCUT2D eigenvalue weighted by Gasteiger charge is 2.24. The minimum absolute atomic E-state index is 0.143. The van der Waals surface area contributed by atoms with Crippen molar-refractivity contribution < 1.29 is 9.59 Å². The highest BCUT2D eigenvalue weighted by molar-refractivity contribution is 5.96. The van der Waals surface area contributed by atoms with E-state index in [0.29, 0.717) is 18.5 Å². The SMILES string of the molecule is NCC#Cc1ccc(C(=O)NC2CCCNC2=O)nc1. The molecule has 0 saturated carbocycles. The molecule has 1 unspecified atom stereocenters. The summed E-state index contributed by atoms with van der Waals surface area (Å²) in [5.41, 5.74) is 6.24. The molecule has 2 heterocycles. The van der Waals surface area contributed by atoms with Crippen molar-refractivity contribution in [3.63, 3.8) is 0 Å². The number of nitrogens with zero attached hydrogens (tertiary/aromatic N) is 1. The minimum Gasteiger partial charge on any atom is -0.354 e. The number of rotatable bonds is 2. The van der Waals surface area contributed by atoms with E-state index >= 15 is 0 Å². The quantitative estimate of drug-likeness (QED) is 0.626. The number of nitrogens with one attached hydrogen (secondary N) is 2.